The molecule has 1 heterocycles. The van der Waals surface area contributed by atoms with Gasteiger partial charge in [-0.15, -0.1) is 0 Å². The summed E-state index contributed by atoms with van der Waals surface area (Å²) in [6.07, 6.45) is 12.5. The molecule has 1 spiro atoms. The molecule has 0 radical (unpaired) electrons. The molecule has 2 nitrogen and oxygen atoms in total. The van der Waals surface area contributed by atoms with Gasteiger partial charge in [-0.25, -0.2) is 0 Å². The normalized spacial score (nSPS) is 25.5. The maximum absolute atomic E-state index is 6.46. The van der Waals surface area contributed by atoms with Crippen molar-refractivity contribution >= 4 is 0 Å². The van der Waals surface area contributed by atoms with Crippen molar-refractivity contribution in [2.45, 2.75) is 77.2 Å². The van der Waals surface area contributed by atoms with Gasteiger partial charge in [-0.2, -0.15) is 0 Å². The molecule has 1 saturated carbocycles. The van der Waals surface area contributed by atoms with Crippen molar-refractivity contribution < 1.29 is 0 Å². The van der Waals surface area contributed by atoms with Crippen LogP contribution in [0.15, 0.2) is 0 Å². The Kier molecular flexibility index (Phi) is 4.71. The summed E-state index contributed by atoms with van der Waals surface area (Å²) in [5.74, 6) is 0. The highest BCUT2D eigenvalue weighted by Gasteiger charge is 2.36. The van der Waals surface area contributed by atoms with Crippen LogP contribution in [0.4, 0.5) is 0 Å². The fourth-order valence-corrected chi connectivity index (χ4v) is 3.91. The van der Waals surface area contributed by atoms with Crippen LogP contribution in [0.5, 0.6) is 0 Å². The van der Waals surface area contributed by atoms with Gasteiger partial charge in [0.15, 0.2) is 0 Å². The first-order chi connectivity index (χ1) is 8.61. The molecule has 106 valence electrons. The Hall–Kier alpha value is -0.0800. The summed E-state index contributed by atoms with van der Waals surface area (Å²) >= 11 is 0. The fourth-order valence-electron chi connectivity index (χ4n) is 3.91. The van der Waals surface area contributed by atoms with Crippen LogP contribution >= 0.6 is 0 Å². The number of nitrogens with two attached hydrogens (primary N) is 1. The molecule has 1 aliphatic carbocycles. The predicted molar refractivity (Wildman–Crippen MR) is 78.7 cm³/mol. The molecule has 2 aliphatic rings. The Morgan fingerprint density at radius 1 is 0.944 bits per heavy atom. The second kappa shape index (κ2) is 5.92. The number of rotatable bonds is 4. The molecule has 1 saturated heterocycles. The van der Waals surface area contributed by atoms with Crippen LogP contribution in [-0.2, 0) is 0 Å². The van der Waals surface area contributed by atoms with Crippen LogP contribution in [0.3, 0.4) is 0 Å². The van der Waals surface area contributed by atoms with Crippen LogP contribution < -0.4 is 5.73 Å². The molecular weight excluding hydrogens is 220 g/mol. The zero-order valence-electron chi connectivity index (χ0n) is 12.5. The third-order valence-electron chi connectivity index (χ3n) is 5.78. The zero-order chi connectivity index (χ0) is 13.1. The van der Waals surface area contributed by atoms with E-state index in [-0.39, 0.29) is 5.54 Å². The van der Waals surface area contributed by atoms with E-state index >= 15 is 0 Å². The second-order valence-corrected chi connectivity index (χ2v) is 6.91. The van der Waals surface area contributed by atoms with Crippen LogP contribution in [-0.4, -0.2) is 30.1 Å². The molecule has 0 unspecified atom stereocenters. The van der Waals surface area contributed by atoms with E-state index in [1.807, 2.05) is 0 Å². The summed E-state index contributed by atoms with van der Waals surface area (Å²) in [5, 5.41) is 0. The van der Waals surface area contributed by atoms with Crippen LogP contribution in [0.1, 0.15) is 71.6 Å². The summed E-state index contributed by atoms with van der Waals surface area (Å²) < 4.78 is 0. The lowest BCUT2D eigenvalue weighted by atomic mass is 9.68. The van der Waals surface area contributed by atoms with E-state index in [0.29, 0.717) is 0 Å². The van der Waals surface area contributed by atoms with E-state index in [0.717, 1.165) is 24.8 Å². The van der Waals surface area contributed by atoms with Crippen molar-refractivity contribution in [1.29, 1.82) is 0 Å². The predicted octanol–water partition coefficient (Wildman–Crippen LogP) is 3.55. The number of piperidine rings is 1. The number of likely N-dealkylation sites (tertiary alicyclic amines) is 1. The van der Waals surface area contributed by atoms with Crippen molar-refractivity contribution in [3.05, 3.63) is 0 Å². The molecule has 2 N–H and O–H groups in total. The highest BCUT2D eigenvalue weighted by molar-refractivity contribution is 4.92. The average Bonchev–Trinajstić information content (AvgIpc) is 2.43. The Bertz CT molecular complexity index is 242. The highest BCUT2D eigenvalue weighted by Crippen LogP contribution is 2.44. The van der Waals surface area contributed by atoms with Crippen LogP contribution in [0, 0.1) is 5.41 Å². The fraction of sp³-hybridized carbons (Fsp3) is 1.00. The van der Waals surface area contributed by atoms with Gasteiger partial charge in [0.2, 0.25) is 0 Å². The number of hydrogen-bond acceptors (Lipinski definition) is 2. The summed E-state index contributed by atoms with van der Waals surface area (Å²) in [6, 6.07) is 0. The molecule has 1 aliphatic heterocycles. The van der Waals surface area contributed by atoms with Crippen molar-refractivity contribution in [2.24, 2.45) is 11.1 Å². The molecule has 0 amide bonds. The summed E-state index contributed by atoms with van der Waals surface area (Å²) in [5.41, 5.74) is 7.23. The Morgan fingerprint density at radius 3 is 2.00 bits per heavy atom. The smallest absolute Gasteiger partial charge is 0.0278 e. The molecule has 0 bridgehead atoms. The maximum Gasteiger partial charge on any atom is 0.0278 e. The molecule has 0 aromatic heterocycles. The molecule has 18 heavy (non-hydrogen) atoms. The minimum Gasteiger partial charge on any atom is -0.324 e. The van der Waals surface area contributed by atoms with Crippen LogP contribution in [0.2, 0.25) is 0 Å². The molecule has 2 heteroatoms. The number of hydrogen-bond donors (Lipinski definition) is 1. The molecule has 0 aromatic carbocycles. The van der Waals surface area contributed by atoms with Gasteiger partial charge in [-0.1, -0.05) is 33.1 Å². The van der Waals surface area contributed by atoms with Crippen molar-refractivity contribution in [3.8, 4) is 0 Å². The standard InChI is InChI=1S/C16H32N2/c1-3-16(17,4-2)14-18-12-10-15(11-13-18)8-6-5-7-9-15/h3-14,17H2,1-2H3. The molecule has 0 atom stereocenters. The van der Waals surface area contributed by atoms with Crippen molar-refractivity contribution in [1.82, 2.24) is 4.90 Å². The summed E-state index contributed by atoms with van der Waals surface area (Å²) in [6.45, 7) is 8.15. The maximum atomic E-state index is 6.46. The first-order valence-electron chi connectivity index (χ1n) is 8.13. The SMILES string of the molecule is CCC(N)(CC)CN1CCC2(CCCCC2)CC1. The zero-order valence-corrected chi connectivity index (χ0v) is 12.5. The largest absolute Gasteiger partial charge is 0.324 e. The third-order valence-corrected chi connectivity index (χ3v) is 5.78. The summed E-state index contributed by atoms with van der Waals surface area (Å²) in [4.78, 5) is 2.63. The van der Waals surface area contributed by atoms with Gasteiger partial charge in [0.05, 0.1) is 0 Å². The lowest BCUT2D eigenvalue weighted by molar-refractivity contribution is 0.0547. The Morgan fingerprint density at radius 2 is 1.50 bits per heavy atom. The van der Waals surface area contributed by atoms with E-state index in [1.54, 1.807) is 0 Å². The van der Waals surface area contributed by atoms with Gasteiger partial charge in [0.1, 0.15) is 0 Å². The first kappa shape index (κ1) is 14.3. The highest BCUT2D eigenvalue weighted by atomic mass is 15.2. The van der Waals surface area contributed by atoms with Crippen molar-refractivity contribution in [3.63, 3.8) is 0 Å². The van der Waals surface area contributed by atoms with E-state index in [1.165, 1.54) is 58.0 Å². The van der Waals surface area contributed by atoms with Gasteiger partial charge < -0.3 is 10.6 Å². The molecule has 0 aromatic rings. The lowest BCUT2D eigenvalue weighted by Gasteiger charge is -2.46. The van der Waals surface area contributed by atoms with E-state index in [4.69, 9.17) is 5.73 Å². The minimum absolute atomic E-state index is 0.0526. The Balaban J connectivity index is 1.82. The molecular formula is C16H32N2. The van der Waals surface area contributed by atoms with E-state index < -0.39 is 0 Å². The van der Waals surface area contributed by atoms with Gasteiger partial charge in [0.25, 0.3) is 0 Å². The molecule has 2 fully saturated rings. The average molecular weight is 252 g/mol. The number of nitrogens with zero attached hydrogens (tertiary/aromatic N) is 1. The van der Waals surface area contributed by atoms with Crippen LogP contribution in [0.25, 0.3) is 0 Å². The monoisotopic (exact) mass is 252 g/mol. The first-order valence-corrected chi connectivity index (χ1v) is 8.13. The molecule has 2 rings (SSSR count). The van der Waals surface area contributed by atoms with Gasteiger partial charge in [-0.05, 0) is 57.0 Å². The van der Waals surface area contributed by atoms with Gasteiger partial charge in [0, 0.05) is 12.1 Å². The summed E-state index contributed by atoms with van der Waals surface area (Å²) in [7, 11) is 0. The second-order valence-electron chi connectivity index (χ2n) is 6.91. The van der Waals surface area contributed by atoms with Gasteiger partial charge >= 0.3 is 0 Å². The van der Waals surface area contributed by atoms with Gasteiger partial charge in [-0.3, -0.25) is 0 Å². The van der Waals surface area contributed by atoms with E-state index in [2.05, 4.69) is 18.7 Å². The Labute approximate surface area is 113 Å². The third kappa shape index (κ3) is 3.27. The minimum atomic E-state index is 0.0526. The lowest BCUT2D eigenvalue weighted by Crippen LogP contribution is -2.52. The van der Waals surface area contributed by atoms with E-state index in [9.17, 15) is 0 Å². The van der Waals surface area contributed by atoms with Crippen molar-refractivity contribution in [2.75, 3.05) is 19.6 Å². The topological polar surface area (TPSA) is 29.3 Å². The quantitative estimate of drug-likeness (QED) is 0.829.